The second-order valence-corrected chi connectivity index (χ2v) is 7.07. The van der Waals surface area contributed by atoms with Gasteiger partial charge in [0.05, 0.1) is 12.8 Å². The van der Waals surface area contributed by atoms with Crippen molar-refractivity contribution in [1.29, 1.82) is 5.26 Å². The molecule has 1 N–H and O–H groups in total. The maximum absolute atomic E-state index is 14.5. The molecule has 4 aromatic rings. The van der Waals surface area contributed by atoms with Crippen molar-refractivity contribution >= 4 is 11.6 Å². The summed E-state index contributed by atoms with van der Waals surface area (Å²) in [6.07, 6.45) is 5.73. The van der Waals surface area contributed by atoms with E-state index in [1.165, 1.54) is 6.07 Å². The van der Waals surface area contributed by atoms with E-state index in [0.29, 0.717) is 30.2 Å². The quantitative estimate of drug-likeness (QED) is 0.563. The molecule has 0 atom stereocenters. The van der Waals surface area contributed by atoms with Crippen molar-refractivity contribution in [2.24, 2.45) is 0 Å². The maximum Gasteiger partial charge on any atom is 0.208 e. The fourth-order valence-electron chi connectivity index (χ4n) is 3.75. The maximum atomic E-state index is 14.5. The number of fused-ring (bicyclic) bond motifs is 2. The van der Waals surface area contributed by atoms with E-state index < -0.39 is 0 Å². The lowest BCUT2D eigenvalue weighted by Crippen LogP contribution is -2.09. The normalized spacial score (nSPS) is 12.4. The average Bonchev–Trinajstić information content (AvgIpc) is 3.40. The van der Waals surface area contributed by atoms with Crippen molar-refractivity contribution < 1.29 is 9.13 Å². The molecule has 0 amide bonds. The molecule has 30 heavy (non-hydrogen) atoms. The molecule has 7 nitrogen and oxygen atoms in total. The second kappa shape index (κ2) is 7.12. The summed E-state index contributed by atoms with van der Waals surface area (Å²) in [6.45, 7) is 2.71. The minimum Gasteiger partial charge on any atom is -0.493 e. The van der Waals surface area contributed by atoms with E-state index in [1.54, 1.807) is 29.1 Å². The molecule has 0 fully saturated rings. The molecule has 1 aliphatic rings. The molecule has 8 heteroatoms. The zero-order valence-electron chi connectivity index (χ0n) is 16.2. The SMILES string of the molecule is Cc1cc(-c2cnc(NCc3c(F)ccc4c3CCO4)n3cc(C#N)nc23)ccn1. The summed E-state index contributed by atoms with van der Waals surface area (Å²) in [5.41, 5.74) is 4.88. The molecule has 0 aliphatic carbocycles. The third-order valence-corrected chi connectivity index (χ3v) is 5.18. The smallest absolute Gasteiger partial charge is 0.208 e. The van der Waals surface area contributed by atoms with Crippen molar-refractivity contribution in [3.05, 3.63) is 71.2 Å². The summed E-state index contributed by atoms with van der Waals surface area (Å²) in [6, 6.07) is 8.97. The summed E-state index contributed by atoms with van der Waals surface area (Å²) >= 11 is 0. The minimum atomic E-state index is -0.282. The molecule has 5 rings (SSSR count). The summed E-state index contributed by atoms with van der Waals surface area (Å²) < 4.78 is 21.7. The number of aryl methyl sites for hydroxylation is 1. The zero-order valence-corrected chi connectivity index (χ0v) is 16.2. The summed E-state index contributed by atoms with van der Waals surface area (Å²) in [5.74, 6) is 0.920. The minimum absolute atomic E-state index is 0.244. The first-order valence-corrected chi connectivity index (χ1v) is 9.52. The first-order chi connectivity index (χ1) is 14.6. The fraction of sp³-hybridized carbons (Fsp3) is 0.182. The van der Waals surface area contributed by atoms with E-state index in [0.717, 1.165) is 28.1 Å². The average molecular weight is 400 g/mol. The number of aromatic nitrogens is 4. The Bertz CT molecular complexity index is 1320. The van der Waals surface area contributed by atoms with Crippen LogP contribution in [0.25, 0.3) is 16.8 Å². The van der Waals surface area contributed by atoms with Crippen LogP contribution in [-0.2, 0) is 13.0 Å². The van der Waals surface area contributed by atoms with Gasteiger partial charge in [-0.2, -0.15) is 5.26 Å². The van der Waals surface area contributed by atoms with Crippen LogP contribution in [0.3, 0.4) is 0 Å². The molecule has 148 valence electrons. The number of nitriles is 1. The lowest BCUT2D eigenvalue weighted by Gasteiger charge is -2.13. The molecule has 1 aromatic carbocycles. The van der Waals surface area contributed by atoms with Crippen molar-refractivity contribution in [3.8, 4) is 22.9 Å². The van der Waals surface area contributed by atoms with E-state index in [9.17, 15) is 9.65 Å². The van der Waals surface area contributed by atoms with E-state index >= 15 is 0 Å². The predicted molar refractivity (Wildman–Crippen MR) is 109 cm³/mol. The number of benzene rings is 1. The van der Waals surface area contributed by atoms with Crippen molar-refractivity contribution in [2.75, 3.05) is 11.9 Å². The highest BCUT2D eigenvalue weighted by atomic mass is 19.1. The molecule has 0 bridgehead atoms. The van der Waals surface area contributed by atoms with Crippen molar-refractivity contribution in [2.45, 2.75) is 19.9 Å². The van der Waals surface area contributed by atoms with E-state index in [2.05, 4.69) is 26.3 Å². The van der Waals surface area contributed by atoms with Crippen LogP contribution in [-0.4, -0.2) is 26.0 Å². The van der Waals surface area contributed by atoms with Gasteiger partial charge in [0, 0.05) is 47.7 Å². The van der Waals surface area contributed by atoms with Crippen LogP contribution in [0.4, 0.5) is 10.3 Å². The Morgan fingerprint density at radius 1 is 1.30 bits per heavy atom. The number of nitrogens with one attached hydrogen (secondary N) is 1. The zero-order chi connectivity index (χ0) is 20.7. The standard InChI is InChI=1S/C22H17FN6O/c1-13-8-14(4-6-25-13)17-10-26-22(29-12-15(9-24)28-21(17)29)27-11-18-16-5-7-30-20(16)3-2-19(18)23/h2-4,6,8,10,12H,5,7,11H2,1H3,(H,26,27). The van der Waals surface area contributed by atoms with Crippen LogP contribution in [0.1, 0.15) is 22.5 Å². The first-order valence-electron chi connectivity index (χ1n) is 9.52. The van der Waals surface area contributed by atoms with Gasteiger partial charge in [0.25, 0.3) is 0 Å². The molecule has 0 spiro atoms. The molecule has 3 aromatic heterocycles. The van der Waals surface area contributed by atoms with Crippen molar-refractivity contribution in [3.63, 3.8) is 0 Å². The van der Waals surface area contributed by atoms with E-state index in [-0.39, 0.29) is 18.1 Å². The molecule has 0 saturated heterocycles. The number of hydrogen-bond donors (Lipinski definition) is 1. The van der Waals surface area contributed by atoms with Gasteiger partial charge in [0.1, 0.15) is 17.6 Å². The number of pyridine rings is 1. The lowest BCUT2D eigenvalue weighted by atomic mass is 10.0. The van der Waals surface area contributed by atoms with Crippen LogP contribution < -0.4 is 10.1 Å². The number of anilines is 1. The molecule has 1 aliphatic heterocycles. The third kappa shape index (κ3) is 3.01. The third-order valence-electron chi connectivity index (χ3n) is 5.18. The summed E-state index contributed by atoms with van der Waals surface area (Å²) in [7, 11) is 0. The highest BCUT2D eigenvalue weighted by Gasteiger charge is 2.20. The summed E-state index contributed by atoms with van der Waals surface area (Å²) in [5, 5.41) is 12.5. The number of ether oxygens (including phenoxy) is 1. The lowest BCUT2D eigenvalue weighted by molar-refractivity contribution is 0.356. The van der Waals surface area contributed by atoms with Crippen LogP contribution in [0.2, 0.25) is 0 Å². The highest BCUT2D eigenvalue weighted by Crippen LogP contribution is 2.31. The number of nitrogens with zero attached hydrogens (tertiary/aromatic N) is 5. The Kier molecular flexibility index (Phi) is 4.29. The Morgan fingerprint density at radius 2 is 2.20 bits per heavy atom. The van der Waals surface area contributed by atoms with Gasteiger partial charge in [-0.25, -0.2) is 14.4 Å². The van der Waals surface area contributed by atoms with E-state index in [1.807, 2.05) is 19.1 Å². The molecule has 0 radical (unpaired) electrons. The number of rotatable bonds is 4. The van der Waals surface area contributed by atoms with Crippen LogP contribution in [0.15, 0.2) is 42.9 Å². The Hall–Kier alpha value is -3.99. The van der Waals surface area contributed by atoms with Crippen LogP contribution >= 0.6 is 0 Å². The van der Waals surface area contributed by atoms with Crippen LogP contribution in [0.5, 0.6) is 5.75 Å². The molecule has 0 saturated carbocycles. The van der Waals surface area contributed by atoms with Gasteiger partial charge >= 0.3 is 0 Å². The van der Waals surface area contributed by atoms with Gasteiger partial charge in [0.2, 0.25) is 5.95 Å². The molecule has 0 unspecified atom stereocenters. The Labute approximate surface area is 171 Å². The monoisotopic (exact) mass is 400 g/mol. The van der Waals surface area contributed by atoms with Gasteiger partial charge in [-0.3, -0.25) is 9.38 Å². The predicted octanol–water partition coefficient (Wildman–Crippen LogP) is 3.66. The topological polar surface area (TPSA) is 88.1 Å². The Balaban J connectivity index is 1.55. The van der Waals surface area contributed by atoms with Gasteiger partial charge in [-0.05, 0) is 36.8 Å². The van der Waals surface area contributed by atoms with Gasteiger partial charge < -0.3 is 10.1 Å². The molecular weight excluding hydrogens is 383 g/mol. The first kappa shape index (κ1) is 18.1. The highest BCUT2D eigenvalue weighted by molar-refractivity contribution is 5.78. The Morgan fingerprint density at radius 3 is 3.03 bits per heavy atom. The molecule has 4 heterocycles. The van der Waals surface area contributed by atoms with Gasteiger partial charge in [0.15, 0.2) is 11.3 Å². The molecular formula is C22H17FN6O. The number of imidazole rings is 1. The second-order valence-electron chi connectivity index (χ2n) is 7.07. The van der Waals surface area contributed by atoms with Gasteiger partial charge in [-0.1, -0.05) is 0 Å². The van der Waals surface area contributed by atoms with E-state index in [4.69, 9.17) is 4.74 Å². The van der Waals surface area contributed by atoms with Crippen LogP contribution in [0, 0.1) is 24.1 Å². The summed E-state index contributed by atoms with van der Waals surface area (Å²) in [4.78, 5) is 13.2. The number of halogens is 1. The largest absolute Gasteiger partial charge is 0.493 e. The number of hydrogen-bond acceptors (Lipinski definition) is 6. The van der Waals surface area contributed by atoms with Gasteiger partial charge in [-0.15, -0.1) is 0 Å². The fourth-order valence-corrected chi connectivity index (χ4v) is 3.75. The van der Waals surface area contributed by atoms with Crippen molar-refractivity contribution in [1.82, 2.24) is 19.4 Å².